The number of hydrogen-bond donors (Lipinski definition) is 2. The van der Waals surface area contributed by atoms with Gasteiger partial charge in [0.25, 0.3) is 0 Å². The van der Waals surface area contributed by atoms with Crippen LogP contribution in [0.5, 0.6) is 0 Å². The third kappa shape index (κ3) is 4.09. The Morgan fingerprint density at radius 1 is 1.58 bits per heavy atom. The molecule has 0 aromatic heterocycles. The molecule has 0 bridgehead atoms. The first kappa shape index (κ1) is 15.8. The van der Waals surface area contributed by atoms with Crippen LogP contribution in [-0.2, 0) is 9.53 Å². The second-order valence-corrected chi connectivity index (χ2v) is 5.09. The summed E-state index contributed by atoms with van der Waals surface area (Å²) in [4.78, 5) is 14.4. The SMILES string of the molecule is CCC(C(=O)N(CCOC)C(C)C1CC1)C(N)=NO. The summed E-state index contributed by atoms with van der Waals surface area (Å²) in [6.45, 7) is 4.96. The van der Waals surface area contributed by atoms with Crippen molar-refractivity contribution in [2.45, 2.75) is 39.2 Å². The highest BCUT2D eigenvalue weighted by Gasteiger charge is 2.36. The molecule has 2 atom stereocenters. The molecule has 0 radical (unpaired) electrons. The summed E-state index contributed by atoms with van der Waals surface area (Å²) >= 11 is 0. The fourth-order valence-corrected chi connectivity index (χ4v) is 2.32. The van der Waals surface area contributed by atoms with Crippen LogP contribution in [0, 0.1) is 11.8 Å². The predicted molar refractivity (Wildman–Crippen MR) is 73.0 cm³/mol. The van der Waals surface area contributed by atoms with Gasteiger partial charge in [-0.25, -0.2) is 0 Å². The number of hydrogen-bond acceptors (Lipinski definition) is 4. The summed E-state index contributed by atoms with van der Waals surface area (Å²) in [6, 6.07) is 0.184. The zero-order valence-corrected chi connectivity index (χ0v) is 12.0. The van der Waals surface area contributed by atoms with Crippen molar-refractivity contribution in [3.8, 4) is 0 Å². The van der Waals surface area contributed by atoms with Gasteiger partial charge in [-0.05, 0) is 32.1 Å². The summed E-state index contributed by atoms with van der Waals surface area (Å²) < 4.78 is 5.07. The fraction of sp³-hybridized carbons (Fsp3) is 0.846. The molecule has 1 aliphatic carbocycles. The van der Waals surface area contributed by atoms with E-state index in [1.807, 2.05) is 11.8 Å². The molecule has 1 fully saturated rings. The number of nitrogens with zero attached hydrogens (tertiary/aromatic N) is 2. The minimum atomic E-state index is -0.553. The lowest BCUT2D eigenvalue weighted by molar-refractivity contribution is -0.136. The largest absolute Gasteiger partial charge is 0.409 e. The second-order valence-electron chi connectivity index (χ2n) is 5.09. The minimum Gasteiger partial charge on any atom is -0.409 e. The molecule has 19 heavy (non-hydrogen) atoms. The fourth-order valence-electron chi connectivity index (χ4n) is 2.32. The maximum absolute atomic E-state index is 12.6. The highest BCUT2D eigenvalue weighted by Crippen LogP contribution is 2.35. The maximum Gasteiger partial charge on any atom is 0.233 e. The highest BCUT2D eigenvalue weighted by molar-refractivity contribution is 6.02. The monoisotopic (exact) mass is 271 g/mol. The molecule has 1 aliphatic rings. The Balaban J connectivity index is 2.79. The maximum atomic E-state index is 12.6. The number of amides is 1. The Bertz CT molecular complexity index is 329. The van der Waals surface area contributed by atoms with E-state index in [0.717, 1.165) is 12.8 Å². The molecule has 0 aromatic carbocycles. The number of carbonyl (C=O) groups excluding carboxylic acids is 1. The molecule has 1 rings (SSSR count). The van der Waals surface area contributed by atoms with E-state index in [0.29, 0.717) is 25.5 Å². The van der Waals surface area contributed by atoms with Crippen LogP contribution < -0.4 is 5.73 Å². The van der Waals surface area contributed by atoms with Crippen molar-refractivity contribution in [3.63, 3.8) is 0 Å². The lowest BCUT2D eigenvalue weighted by Gasteiger charge is -2.32. The van der Waals surface area contributed by atoms with E-state index < -0.39 is 5.92 Å². The van der Waals surface area contributed by atoms with Gasteiger partial charge in [0.15, 0.2) is 5.84 Å². The van der Waals surface area contributed by atoms with Crippen molar-refractivity contribution in [2.24, 2.45) is 22.7 Å². The van der Waals surface area contributed by atoms with E-state index in [4.69, 9.17) is 15.7 Å². The summed E-state index contributed by atoms with van der Waals surface area (Å²) in [6.07, 6.45) is 2.85. The molecule has 6 nitrogen and oxygen atoms in total. The number of ether oxygens (including phenoxy) is 1. The van der Waals surface area contributed by atoms with Crippen LogP contribution in [0.2, 0.25) is 0 Å². The van der Waals surface area contributed by atoms with Crippen molar-refractivity contribution in [3.05, 3.63) is 0 Å². The normalized spacial score (nSPS) is 19.0. The number of carbonyl (C=O) groups is 1. The molecule has 0 saturated heterocycles. The Hall–Kier alpha value is -1.30. The molecular formula is C13H25N3O3. The molecule has 0 aromatic rings. The molecule has 0 aliphatic heterocycles. The van der Waals surface area contributed by atoms with Crippen molar-refractivity contribution in [1.29, 1.82) is 0 Å². The Kier molecular flexibility index (Phi) is 6.08. The van der Waals surface area contributed by atoms with Crippen molar-refractivity contribution >= 4 is 11.7 Å². The second kappa shape index (κ2) is 7.33. The standard InChI is InChI=1S/C13H25N3O3/c1-4-11(12(14)15-18)13(17)16(7-8-19-3)9(2)10-5-6-10/h9-11,18H,4-8H2,1-3H3,(H2,14,15). The number of nitrogens with two attached hydrogens (primary N) is 1. The van der Waals surface area contributed by atoms with Gasteiger partial charge in [0.05, 0.1) is 12.5 Å². The third-order valence-corrected chi connectivity index (χ3v) is 3.79. The van der Waals surface area contributed by atoms with Crippen LogP contribution in [0.15, 0.2) is 5.16 Å². The number of methoxy groups -OCH3 is 1. The Morgan fingerprint density at radius 2 is 2.21 bits per heavy atom. The smallest absolute Gasteiger partial charge is 0.233 e. The van der Waals surface area contributed by atoms with Crippen molar-refractivity contribution in [1.82, 2.24) is 4.90 Å². The predicted octanol–water partition coefficient (Wildman–Crippen LogP) is 1.03. The van der Waals surface area contributed by atoms with E-state index in [2.05, 4.69) is 12.1 Å². The first-order chi connectivity index (χ1) is 9.06. The third-order valence-electron chi connectivity index (χ3n) is 3.79. The van der Waals surface area contributed by atoms with Crippen LogP contribution in [0.4, 0.5) is 0 Å². The molecule has 6 heteroatoms. The Morgan fingerprint density at radius 3 is 2.63 bits per heavy atom. The van der Waals surface area contributed by atoms with E-state index in [1.165, 1.54) is 0 Å². The lowest BCUT2D eigenvalue weighted by atomic mass is 10.0. The quantitative estimate of drug-likeness (QED) is 0.299. The summed E-state index contributed by atoms with van der Waals surface area (Å²) in [5.41, 5.74) is 5.61. The van der Waals surface area contributed by atoms with E-state index in [-0.39, 0.29) is 17.8 Å². The summed E-state index contributed by atoms with van der Waals surface area (Å²) in [5, 5.41) is 11.7. The zero-order valence-electron chi connectivity index (χ0n) is 12.0. The average molecular weight is 271 g/mol. The van der Waals surface area contributed by atoms with Gasteiger partial charge in [0, 0.05) is 19.7 Å². The van der Waals surface area contributed by atoms with Crippen LogP contribution in [0.3, 0.4) is 0 Å². The number of oxime groups is 1. The van der Waals surface area contributed by atoms with Gasteiger partial charge in [-0.3, -0.25) is 4.79 Å². The van der Waals surface area contributed by atoms with Gasteiger partial charge in [-0.15, -0.1) is 0 Å². The van der Waals surface area contributed by atoms with Crippen LogP contribution in [0.1, 0.15) is 33.1 Å². The van der Waals surface area contributed by atoms with Crippen LogP contribution >= 0.6 is 0 Å². The molecule has 1 amide bonds. The highest BCUT2D eigenvalue weighted by atomic mass is 16.5. The lowest BCUT2D eigenvalue weighted by Crippen LogP contribution is -2.48. The molecule has 0 spiro atoms. The van der Waals surface area contributed by atoms with Crippen molar-refractivity contribution in [2.75, 3.05) is 20.3 Å². The van der Waals surface area contributed by atoms with Gasteiger partial charge in [-0.1, -0.05) is 12.1 Å². The van der Waals surface area contributed by atoms with Gasteiger partial charge in [0.1, 0.15) is 0 Å². The molecule has 110 valence electrons. The van der Waals surface area contributed by atoms with E-state index >= 15 is 0 Å². The molecule has 2 unspecified atom stereocenters. The average Bonchev–Trinajstić information content (AvgIpc) is 3.23. The minimum absolute atomic E-state index is 0.0158. The van der Waals surface area contributed by atoms with Crippen molar-refractivity contribution < 1.29 is 14.7 Å². The number of amidine groups is 1. The van der Waals surface area contributed by atoms with Gasteiger partial charge < -0.3 is 20.6 Å². The van der Waals surface area contributed by atoms with Gasteiger partial charge in [0.2, 0.25) is 5.91 Å². The molecule has 0 heterocycles. The van der Waals surface area contributed by atoms with E-state index in [1.54, 1.807) is 7.11 Å². The zero-order chi connectivity index (χ0) is 14.4. The van der Waals surface area contributed by atoms with Crippen LogP contribution in [-0.4, -0.2) is 48.2 Å². The van der Waals surface area contributed by atoms with Crippen LogP contribution in [0.25, 0.3) is 0 Å². The summed E-state index contributed by atoms with van der Waals surface area (Å²) in [5.74, 6) is -0.0687. The Labute approximate surface area is 114 Å². The summed E-state index contributed by atoms with van der Waals surface area (Å²) in [7, 11) is 1.62. The molecular weight excluding hydrogens is 246 g/mol. The van der Waals surface area contributed by atoms with Gasteiger partial charge >= 0.3 is 0 Å². The number of rotatable bonds is 8. The van der Waals surface area contributed by atoms with Gasteiger partial charge in [-0.2, -0.15) is 0 Å². The first-order valence-electron chi connectivity index (χ1n) is 6.83. The molecule has 1 saturated carbocycles. The molecule has 3 N–H and O–H groups in total. The first-order valence-corrected chi connectivity index (χ1v) is 6.83. The van der Waals surface area contributed by atoms with E-state index in [9.17, 15) is 4.79 Å². The topological polar surface area (TPSA) is 88.2 Å².